The molecule has 1 heterocycles. The van der Waals surface area contributed by atoms with Gasteiger partial charge in [-0.2, -0.15) is 0 Å². The van der Waals surface area contributed by atoms with Crippen LogP contribution in [0.3, 0.4) is 0 Å². The number of nitrogens with zero attached hydrogens (tertiary/aromatic N) is 1. The van der Waals surface area contributed by atoms with Crippen molar-refractivity contribution in [1.29, 1.82) is 0 Å². The Labute approximate surface area is 209 Å². The second kappa shape index (κ2) is 13.6. The van der Waals surface area contributed by atoms with Crippen LogP contribution in [-0.2, 0) is 13.2 Å². The summed E-state index contributed by atoms with van der Waals surface area (Å²) in [5.41, 5.74) is 2.89. The van der Waals surface area contributed by atoms with Gasteiger partial charge >= 0.3 is 0 Å². The first kappa shape index (κ1) is 26.4. The Bertz CT molecular complexity index is 1160. The number of rotatable bonds is 14. The van der Waals surface area contributed by atoms with Crippen LogP contribution >= 0.6 is 0 Å². The number of hydrogen-bond acceptors (Lipinski definition) is 4. The Balaban J connectivity index is 1.95. The van der Waals surface area contributed by atoms with E-state index in [9.17, 15) is 4.79 Å². The molecule has 0 amide bonds. The lowest BCUT2D eigenvalue weighted by atomic mass is 10.1. The van der Waals surface area contributed by atoms with E-state index in [0.29, 0.717) is 25.5 Å². The number of methoxy groups -OCH3 is 1. The van der Waals surface area contributed by atoms with Crippen molar-refractivity contribution in [2.24, 2.45) is 0 Å². The SMILES string of the molecule is CCCCCCCCn1c(=O)c(OC)c(OCC=C(C)C)c2ccc(OCc3ccccc3)cc21. The van der Waals surface area contributed by atoms with Gasteiger partial charge in [-0.05, 0) is 44.0 Å². The van der Waals surface area contributed by atoms with E-state index < -0.39 is 0 Å². The van der Waals surface area contributed by atoms with Crippen molar-refractivity contribution < 1.29 is 14.2 Å². The van der Waals surface area contributed by atoms with Gasteiger partial charge in [0.15, 0.2) is 5.75 Å². The number of fused-ring (bicyclic) bond motifs is 1. The topological polar surface area (TPSA) is 49.7 Å². The molecule has 0 radical (unpaired) electrons. The Hall–Kier alpha value is -3.21. The highest BCUT2D eigenvalue weighted by Crippen LogP contribution is 2.35. The van der Waals surface area contributed by atoms with Gasteiger partial charge in [0.25, 0.3) is 5.56 Å². The molecule has 3 aromatic rings. The highest BCUT2D eigenvalue weighted by atomic mass is 16.5. The minimum Gasteiger partial charge on any atom is -0.489 e. The maximum Gasteiger partial charge on any atom is 0.297 e. The zero-order valence-electron chi connectivity index (χ0n) is 21.6. The largest absolute Gasteiger partial charge is 0.489 e. The van der Waals surface area contributed by atoms with Crippen LogP contribution in [0.15, 0.2) is 65.0 Å². The molecule has 0 saturated carbocycles. The van der Waals surface area contributed by atoms with E-state index in [1.54, 1.807) is 0 Å². The fraction of sp³-hybridized carbons (Fsp3) is 0.433. The summed E-state index contributed by atoms with van der Waals surface area (Å²) in [5, 5.41) is 0.849. The second-order valence-electron chi connectivity index (χ2n) is 9.13. The summed E-state index contributed by atoms with van der Waals surface area (Å²) in [6, 6.07) is 15.9. The third kappa shape index (κ3) is 7.38. The molecule has 1 aromatic heterocycles. The predicted molar refractivity (Wildman–Crippen MR) is 144 cm³/mol. The Morgan fingerprint density at radius 3 is 2.37 bits per heavy atom. The van der Waals surface area contributed by atoms with Crippen LogP contribution < -0.4 is 19.8 Å². The molecule has 0 atom stereocenters. The fourth-order valence-corrected chi connectivity index (χ4v) is 4.10. The van der Waals surface area contributed by atoms with Crippen molar-refractivity contribution in [2.45, 2.75) is 72.4 Å². The van der Waals surface area contributed by atoms with Gasteiger partial charge in [0.1, 0.15) is 19.0 Å². The third-order valence-electron chi connectivity index (χ3n) is 6.06. The van der Waals surface area contributed by atoms with E-state index >= 15 is 0 Å². The molecule has 0 unspecified atom stereocenters. The first-order chi connectivity index (χ1) is 17.0. The van der Waals surface area contributed by atoms with Crippen LogP contribution in [0.25, 0.3) is 10.9 Å². The van der Waals surface area contributed by atoms with Crippen LogP contribution in [-0.4, -0.2) is 18.3 Å². The number of ether oxygens (including phenoxy) is 3. The summed E-state index contributed by atoms with van der Waals surface area (Å²) >= 11 is 0. The molecular formula is C30H39NO4. The van der Waals surface area contributed by atoms with E-state index in [0.717, 1.165) is 40.6 Å². The maximum atomic E-state index is 13.5. The highest BCUT2D eigenvalue weighted by Gasteiger charge is 2.19. The number of hydrogen-bond donors (Lipinski definition) is 0. The van der Waals surface area contributed by atoms with Gasteiger partial charge in [-0.25, -0.2) is 0 Å². The molecule has 5 heteroatoms. The third-order valence-corrected chi connectivity index (χ3v) is 6.06. The van der Waals surface area contributed by atoms with Gasteiger partial charge < -0.3 is 18.8 Å². The van der Waals surface area contributed by atoms with Gasteiger partial charge in [0.05, 0.1) is 12.6 Å². The summed E-state index contributed by atoms with van der Waals surface area (Å²) in [5.74, 6) is 1.46. The van der Waals surface area contributed by atoms with E-state index in [1.807, 2.05) is 73.0 Å². The van der Waals surface area contributed by atoms with Crippen molar-refractivity contribution in [3.05, 3.63) is 76.1 Å². The van der Waals surface area contributed by atoms with Gasteiger partial charge in [-0.15, -0.1) is 0 Å². The minimum absolute atomic E-state index is 0.166. The Morgan fingerprint density at radius 2 is 1.66 bits per heavy atom. The molecule has 0 aliphatic rings. The molecule has 0 saturated heterocycles. The minimum atomic E-state index is -0.166. The molecule has 188 valence electrons. The summed E-state index contributed by atoms with van der Waals surface area (Å²) in [7, 11) is 1.53. The van der Waals surface area contributed by atoms with Gasteiger partial charge in [0.2, 0.25) is 5.75 Å². The zero-order chi connectivity index (χ0) is 25.0. The molecule has 0 aliphatic heterocycles. The lowest BCUT2D eigenvalue weighted by molar-refractivity contribution is 0.306. The van der Waals surface area contributed by atoms with Crippen molar-refractivity contribution in [3.8, 4) is 17.2 Å². The van der Waals surface area contributed by atoms with Gasteiger partial charge in [-0.1, -0.05) is 74.9 Å². The highest BCUT2D eigenvalue weighted by molar-refractivity contribution is 5.89. The van der Waals surface area contributed by atoms with E-state index in [-0.39, 0.29) is 11.3 Å². The molecule has 0 bridgehead atoms. The van der Waals surface area contributed by atoms with Gasteiger partial charge in [0, 0.05) is 18.0 Å². The smallest absolute Gasteiger partial charge is 0.297 e. The monoisotopic (exact) mass is 477 g/mol. The molecule has 3 rings (SSSR count). The molecule has 35 heavy (non-hydrogen) atoms. The second-order valence-corrected chi connectivity index (χ2v) is 9.13. The van der Waals surface area contributed by atoms with E-state index in [2.05, 4.69) is 6.92 Å². The van der Waals surface area contributed by atoms with E-state index in [1.165, 1.54) is 32.8 Å². The molecule has 5 nitrogen and oxygen atoms in total. The number of benzene rings is 2. The first-order valence-corrected chi connectivity index (χ1v) is 12.7. The van der Waals surface area contributed by atoms with E-state index in [4.69, 9.17) is 14.2 Å². The average Bonchev–Trinajstić information content (AvgIpc) is 2.86. The summed E-state index contributed by atoms with van der Waals surface area (Å²) in [6.45, 7) is 7.74. The Kier molecular flexibility index (Phi) is 10.3. The first-order valence-electron chi connectivity index (χ1n) is 12.7. The van der Waals surface area contributed by atoms with Crippen molar-refractivity contribution >= 4 is 10.9 Å². The molecule has 0 fully saturated rings. The number of unbranched alkanes of at least 4 members (excludes halogenated alkanes) is 5. The number of aryl methyl sites for hydroxylation is 1. The normalized spacial score (nSPS) is 10.9. The standard InChI is InChI=1S/C30H39NO4/c1-5-6-7-8-9-13-19-31-27-21-25(35-22-24-14-11-10-12-15-24)16-17-26(27)28(29(33-4)30(31)32)34-20-18-23(2)3/h10-12,14-18,21H,5-9,13,19-20,22H2,1-4H3. The summed E-state index contributed by atoms with van der Waals surface area (Å²) in [6.07, 6.45) is 8.94. The van der Waals surface area contributed by atoms with Crippen molar-refractivity contribution in [2.75, 3.05) is 13.7 Å². The quantitative estimate of drug-likeness (QED) is 0.181. The maximum absolute atomic E-state index is 13.5. The van der Waals surface area contributed by atoms with Crippen LogP contribution in [0, 0.1) is 0 Å². The lowest BCUT2D eigenvalue weighted by Crippen LogP contribution is -2.23. The summed E-state index contributed by atoms with van der Waals surface area (Å²) < 4.78 is 19.5. The lowest BCUT2D eigenvalue weighted by Gasteiger charge is -2.18. The number of aromatic nitrogens is 1. The molecular weight excluding hydrogens is 438 g/mol. The molecule has 0 N–H and O–H groups in total. The van der Waals surface area contributed by atoms with Crippen molar-refractivity contribution in [3.63, 3.8) is 0 Å². The fourth-order valence-electron chi connectivity index (χ4n) is 4.10. The van der Waals surface area contributed by atoms with Crippen molar-refractivity contribution in [1.82, 2.24) is 4.57 Å². The zero-order valence-corrected chi connectivity index (χ0v) is 21.6. The molecule has 0 spiro atoms. The van der Waals surface area contributed by atoms with Gasteiger partial charge in [-0.3, -0.25) is 4.79 Å². The molecule has 2 aromatic carbocycles. The average molecular weight is 478 g/mol. The predicted octanol–water partition coefficient (Wildman–Crippen LogP) is 7.29. The number of allylic oxidation sites excluding steroid dienone is 1. The van der Waals surface area contributed by atoms with Crippen LogP contribution in [0.2, 0.25) is 0 Å². The van der Waals surface area contributed by atoms with Crippen LogP contribution in [0.5, 0.6) is 17.2 Å². The number of pyridine rings is 1. The van der Waals surface area contributed by atoms with Crippen LogP contribution in [0.4, 0.5) is 0 Å². The molecule has 0 aliphatic carbocycles. The summed E-state index contributed by atoms with van der Waals surface area (Å²) in [4.78, 5) is 13.5. The Morgan fingerprint density at radius 1 is 0.914 bits per heavy atom. The van der Waals surface area contributed by atoms with Crippen LogP contribution in [0.1, 0.15) is 64.9 Å².